The minimum absolute atomic E-state index is 0.0977. The first-order valence-electron chi connectivity index (χ1n) is 10.6. The average molecular weight is 452 g/mol. The number of phenolic OH excluding ortho intramolecular Hbond substituents is 1. The molecule has 2 amide bonds. The van der Waals surface area contributed by atoms with E-state index in [9.17, 15) is 19.1 Å². The number of amides is 2. The van der Waals surface area contributed by atoms with Crippen molar-refractivity contribution in [1.29, 1.82) is 0 Å². The second kappa shape index (κ2) is 9.32. The second-order valence-electron chi connectivity index (χ2n) is 8.14. The van der Waals surface area contributed by atoms with Crippen molar-refractivity contribution in [2.24, 2.45) is 12.8 Å². The summed E-state index contributed by atoms with van der Waals surface area (Å²) in [5.41, 5.74) is 7.81. The van der Waals surface area contributed by atoms with E-state index < -0.39 is 18.2 Å². The van der Waals surface area contributed by atoms with Gasteiger partial charge >= 0.3 is 0 Å². The number of phenols is 1. The fourth-order valence-corrected chi connectivity index (χ4v) is 3.85. The molecule has 9 heteroatoms. The maximum absolute atomic E-state index is 14.9. The van der Waals surface area contributed by atoms with Crippen LogP contribution in [0.2, 0.25) is 0 Å². The SMILES string of the molecule is Cn1cnc(-c2ccc(OC3CCN(C(=O)Cc4ccc(O)cc4)CC3F)c(C(N)=O)c2)c1. The summed E-state index contributed by atoms with van der Waals surface area (Å²) in [6.07, 6.45) is 1.64. The minimum atomic E-state index is -1.42. The van der Waals surface area contributed by atoms with E-state index in [1.54, 1.807) is 41.2 Å². The third kappa shape index (κ3) is 5.14. The zero-order chi connectivity index (χ0) is 23.5. The summed E-state index contributed by atoms with van der Waals surface area (Å²) in [5, 5.41) is 9.36. The Morgan fingerprint density at radius 1 is 1.24 bits per heavy atom. The molecule has 0 bridgehead atoms. The quantitative estimate of drug-likeness (QED) is 0.597. The second-order valence-corrected chi connectivity index (χ2v) is 8.14. The van der Waals surface area contributed by atoms with Gasteiger partial charge in [-0.3, -0.25) is 9.59 Å². The molecule has 3 N–H and O–H groups in total. The van der Waals surface area contributed by atoms with Crippen molar-refractivity contribution in [3.63, 3.8) is 0 Å². The summed E-state index contributed by atoms with van der Waals surface area (Å²) >= 11 is 0. The highest BCUT2D eigenvalue weighted by Gasteiger charge is 2.33. The molecule has 0 spiro atoms. The van der Waals surface area contributed by atoms with Gasteiger partial charge in [-0.1, -0.05) is 12.1 Å². The molecule has 4 rings (SSSR count). The number of carbonyl (C=O) groups excluding carboxylic acids is 2. The number of aryl methyl sites for hydroxylation is 1. The largest absolute Gasteiger partial charge is 0.508 e. The fourth-order valence-electron chi connectivity index (χ4n) is 3.85. The number of hydrogen-bond donors (Lipinski definition) is 2. The molecule has 172 valence electrons. The lowest BCUT2D eigenvalue weighted by Gasteiger charge is -2.35. The van der Waals surface area contributed by atoms with Gasteiger partial charge in [0.05, 0.1) is 30.6 Å². The van der Waals surface area contributed by atoms with Crippen LogP contribution in [-0.2, 0) is 18.3 Å². The Kier molecular flexibility index (Phi) is 6.30. The van der Waals surface area contributed by atoms with Crippen molar-refractivity contribution in [2.75, 3.05) is 13.1 Å². The predicted molar refractivity (Wildman–Crippen MR) is 119 cm³/mol. The normalized spacial score (nSPS) is 18.2. The first-order valence-corrected chi connectivity index (χ1v) is 10.6. The molecule has 2 atom stereocenters. The molecule has 3 aromatic rings. The van der Waals surface area contributed by atoms with E-state index in [2.05, 4.69) is 4.98 Å². The highest BCUT2D eigenvalue weighted by atomic mass is 19.1. The predicted octanol–water partition coefficient (Wildman–Crippen LogP) is 2.45. The molecule has 2 unspecified atom stereocenters. The van der Waals surface area contributed by atoms with E-state index >= 15 is 0 Å². The number of aromatic hydroxyl groups is 1. The van der Waals surface area contributed by atoms with Crippen LogP contribution in [0.15, 0.2) is 55.0 Å². The number of nitrogens with zero attached hydrogens (tertiary/aromatic N) is 3. The molecular formula is C24H25FN4O4. The number of nitrogens with two attached hydrogens (primary N) is 1. The number of piperidine rings is 1. The summed E-state index contributed by atoms with van der Waals surface area (Å²) in [7, 11) is 1.84. The first kappa shape index (κ1) is 22.3. The Morgan fingerprint density at radius 2 is 2.00 bits per heavy atom. The van der Waals surface area contributed by atoms with E-state index in [1.807, 2.05) is 13.2 Å². The van der Waals surface area contributed by atoms with Gasteiger partial charge < -0.3 is 25.0 Å². The minimum Gasteiger partial charge on any atom is -0.508 e. The van der Waals surface area contributed by atoms with Crippen molar-refractivity contribution in [3.8, 4) is 22.8 Å². The van der Waals surface area contributed by atoms with Gasteiger partial charge in [-0.25, -0.2) is 9.37 Å². The van der Waals surface area contributed by atoms with Crippen LogP contribution in [-0.4, -0.2) is 56.7 Å². The van der Waals surface area contributed by atoms with Crippen LogP contribution in [0.3, 0.4) is 0 Å². The van der Waals surface area contributed by atoms with E-state index in [1.165, 1.54) is 17.0 Å². The van der Waals surface area contributed by atoms with Gasteiger partial charge in [-0.2, -0.15) is 0 Å². The number of alkyl halides is 1. The molecule has 0 radical (unpaired) electrons. The molecule has 0 aliphatic carbocycles. The summed E-state index contributed by atoms with van der Waals surface area (Å²) in [5.74, 6) is -0.547. The highest BCUT2D eigenvalue weighted by Crippen LogP contribution is 2.29. The van der Waals surface area contributed by atoms with E-state index in [-0.39, 0.29) is 42.4 Å². The van der Waals surface area contributed by atoms with Crippen LogP contribution in [0.1, 0.15) is 22.3 Å². The lowest BCUT2D eigenvalue weighted by Crippen LogP contribution is -2.49. The first-order chi connectivity index (χ1) is 15.8. The molecular weight excluding hydrogens is 427 g/mol. The van der Waals surface area contributed by atoms with Crippen molar-refractivity contribution in [2.45, 2.75) is 25.1 Å². The van der Waals surface area contributed by atoms with Crippen LogP contribution in [0.4, 0.5) is 4.39 Å². The summed E-state index contributed by atoms with van der Waals surface area (Å²) in [4.78, 5) is 30.3. The number of imidazole rings is 1. The van der Waals surface area contributed by atoms with Gasteiger partial charge in [0.25, 0.3) is 5.91 Å². The van der Waals surface area contributed by atoms with Crippen LogP contribution in [0.25, 0.3) is 11.3 Å². The molecule has 1 fully saturated rings. The average Bonchev–Trinajstić information content (AvgIpc) is 3.23. The molecule has 33 heavy (non-hydrogen) atoms. The molecule has 1 aliphatic heterocycles. The van der Waals surface area contributed by atoms with Gasteiger partial charge in [0.15, 0.2) is 6.17 Å². The van der Waals surface area contributed by atoms with E-state index in [0.717, 1.165) is 5.56 Å². The number of benzene rings is 2. The molecule has 8 nitrogen and oxygen atoms in total. The number of likely N-dealkylation sites (tertiary alicyclic amines) is 1. The van der Waals surface area contributed by atoms with Gasteiger partial charge in [-0.05, 0) is 35.9 Å². The Bertz CT molecular complexity index is 1160. The topological polar surface area (TPSA) is 111 Å². The van der Waals surface area contributed by atoms with Crippen LogP contribution in [0, 0.1) is 0 Å². The zero-order valence-corrected chi connectivity index (χ0v) is 18.1. The summed E-state index contributed by atoms with van der Waals surface area (Å²) in [6.45, 7) is 0.236. The number of primary amides is 1. The fraction of sp³-hybridized carbons (Fsp3) is 0.292. The third-order valence-corrected chi connectivity index (χ3v) is 5.65. The van der Waals surface area contributed by atoms with Crippen LogP contribution in [0.5, 0.6) is 11.5 Å². The molecule has 1 aromatic heterocycles. The molecule has 2 heterocycles. The van der Waals surface area contributed by atoms with Crippen LogP contribution < -0.4 is 10.5 Å². The smallest absolute Gasteiger partial charge is 0.252 e. The van der Waals surface area contributed by atoms with E-state index in [4.69, 9.17) is 10.5 Å². The van der Waals surface area contributed by atoms with Gasteiger partial charge in [0.2, 0.25) is 5.91 Å². The van der Waals surface area contributed by atoms with Crippen LogP contribution >= 0.6 is 0 Å². The Morgan fingerprint density at radius 3 is 2.64 bits per heavy atom. The number of aromatic nitrogens is 2. The summed E-state index contributed by atoms with van der Waals surface area (Å²) in [6, 6.07) is 11.3. The summed E-state index contributed by atoms with van der Waals surface area (Å²) < 4.78 is 22.6. The maximum Gasteiger partial charge on any atom is 0.252 e. The number of hydrogen-bond acceptors (Lipinski definition) is 5. The van der Waals surface area contributed by atoms with Gasteiger partial charge in [0, 0.05) is 31.8 Å². The molecule has 1 saturated heterocycles. The zero-order valence-electron chi connectivity index (χ0n) is 18.1. The molecule has 0 saturated carbocycles. The maximum atomic E-state index is 14.9. The van der Waals surface area contributed by atoms with Crippen molar-refractivity contribution >= 4 is 11.8 Å². The third-order valence-electron chi connectivity index (χ3n) is 5.65. The number of halogens is 1. The molecule has 2 aromatic carbocycles. The monoisotopic (exact) mass is 452 g/mol. The lowest BCUT2D eigenvalue weighted by atomic mass is 10.0. The highest BCUT2D eigenvalue weighted by molar-refractivity contribution is 5.97. The number of carbonyl (C=O) groups is 2. The van der Waals surface area contributed by atoms with E-state index in [0.29, 0.717) is 17.8 Å². The number of rotatable bonds is 6. The van der Waals surface area contributed by atoms with Crippen molar-refractivity contribution in [1.82, 2.24) is 14.5 Å². The van der Waals surface area contributed by atoms with Crippen molar-refractivity contribution < 1.29 is 23.8 Å². The Balaban J connectivity index is 1.42. The lowest BCUT2D eigenvalue weighted by molar-refractivity contribution is -0.134. The van der Waals surface area contributed by atoms with Gasteiger partial charge in [0.1, 0.15) is 17.6 Å². The van der Waals surface area contributed by atoms with Gasteiger partial charge in [-0.15, -0.1) is 0 Å². The standard InChI is InChI=1S/C24H25FN4O4/c1-28-13-20(27-14-28)16-4-7-21(18(11-16)24(26)32)33-22-8-9-29(12-19(22)25)23(31)10-15-2-5-17(30)6-3-15/h2-7,11,13-14,19,22,30H,8-10,12H2,1H3,(H2,26,32). The Hall–Kier alpha value is -3.88. The van der Waals surface area contributed by atoms with Crippen molar-refractivity contribution in [3.05, 3.63) is 66.1 Å². The number of ether oxygens (including phenoxy) is 1. The Labute approximate surface area is 190 Å². The molecule has 1 aliphatic rings.